The summed E-state index contributed by atoms with van der Waals surface area (Å²) in [5.74, 6) is 0.970. The van der Waals surface area contributed by atoms with Gasteiger partial charge in [0.15, 0.2) is 6.79 Å². The third kappa shape index (κ3) is 5.98. The Morgan fingerprint density at radius 3 is 2.44 bits per heavy atom. The maximum Gasteiger partial charge on any atom is 0.188 e. The first-order chi connectivity index (χ1) is 15.5. The highest BCUT2D eigenvalue weighted by atomic mass is 31.1. The van der Waals surface area contributed by atoms with Crippen molar-refractivity contribution in [3.8, 4) is 5.75 Å². The predicted octanol–water partition coefficient (Wildman–Crippen LogP) is 5.92. The lowest BCUT2D eigenvalue weighted by molar-refractivity contribution is 0.0494. The normalized spacial score (nSPS) is 13.4. The Balaban J connectivity index is 2.03. The monoisotopic (exact) mass is 449 g/mol. The second-order valence-corrected chi connectivity index (χ2v) is 10.4. The fraction of sp³-hybridized carbons (Fsp3) is 0.357. The van der Waals surface area contributed by atoms with E-state index in [-0.39, 0.29) is 11.9 Å². The largest absolute Gasteiger partial charge is 0.467 e. The fourth-order valence-electron chi connectivity index (χ4n) is 4.09. The van der Waals surface area contributed by atoms with E-state index < -0.39 is 0 Å². The summed E-state index contributed by atoms with van der Waals surface area (Å²) in [5.41, 5.74) is 6.43. The minimum absolute atomic E-state index is 0.0342. The standard InChI is InChI=1S/C28H36NO2P/c1-6-28(3,32-26-16-15-21(2)17-24(26)19-29-4)25-14-10-13-23(27(25)31-20-30-5)18-22-11-8-7-9-12-22/h7-17,29,32H,6,18-20H2,1-5H3. The number of ether oxygens (including phenoxy) is 2. The second kappa shape index (κ2) is 11.6. The molecule has 0 radical (unpaired) electrons. The van der Waals surface area contributed by atoms with E-state index in [1.165, 1.54) is 33.1 Å². The van der Waals surface area contributed by atoms with Gasteiger partial charge in [0.25, 0.3) is 0 Å². The maximum absolute atomic E-state index is 6.24. The fourth-order valence-corrected chi connectivity index (χ4v) is 5.68. The lowest BCUT2D eigenvalue weighted by Gasteiger charge is -2.33. The van der Waals surface area contributed by atoms with Gasteiger partial charge in [0.1, 0.15) is 5.75 Å². The molecule has 3 aromatic rings. The number of benzene rings is 3. The summed E-state index contributed by atoms with van der Waals surface area (Å²) in [6.07, 6.45) is 1.86. The molecule has 3 rings (SSSR count). The van der Waals surface area contributed by atoms with Gasteiger partial charge in [-0.1, -0.05) is 94.7 Å². The smallest absolute Gasteiger partial charge is 0.188 e. The highest BCUT2D eigenvalue weighted by molar-refractivity contribution is 7.48. The highest BCUT2D eigenvalue weighted by Crippen LogP contribution is 2.48. The van der Waals surface area contributed by atoms with E-state index in [0.717, 1.165) is 25.1 Å². The van der Waals surface area contributed by atoms with Gasteiger partial charge in [-0.2, -0.15) is 0 Å². The Bertz CT molecular complexity index is 1010. The van der Waals surface area contributed by atoms with Crippen molar-refractivity contribution in [2.45, 2.75) is 45.3 Å². The zero-order valence-electron chi connectivity index (χ0n) is 20.0. The van der Waals surface area contributed by atoms with Crippen molar-refractivity contribution >= 4 is 13.9 Å². The zero-order chi connectivity index (χ0) is 23.0. The van der Waals surface area contributed by atoms with Crippen molar-refractivity contribution < 1.29 is 9.47 Å². The molecular weight excluding hydrogens is 413 g/mol. The van der Waals surface area contributed by atoms with Crippen LogP contribution in [0.5, 0.6) is 5.75 Å². The van der Waals surface area contributed by atoms with Gasteiger partial charge in [0.2, 0.25) is 0 Å². The van der Waals surface area contributed by atoms with Gasteiger partial charge >= 0.3 is 0 Å². The van der Waals surface area contributed by atoms with E-state index in [1.54, 1.807) is 7.11 Å². The van der Waals surface area contributed by atoms with E-state index in [0.29, 0.717) is 8.58 Å². The van der Waals surface area contributed by atoms with Crippen LogP contribution in [0.1, 0.15) is 48.1 Å². The molecule has 32 heavy (non-hydrogen) atoms. The number of para-hydroxylation sites is 1. The molecular formula is C28H36NO2P. The summed E-state index contributed by atoms with van der Waals surface area (Å²) in [6, 6.07) is 24.0. The topological polar surface area (TPSA) is 30.5 Å². The first-order valence-corrected chi connectivity index (χ1v) is 12.3. The highest BCUT2D eigenvalue weighted by Gasteiger charge is 2.30. The summed E-state index contributed by atoms with van der Waals surface area (Å²) in [6.45, 7) is 7.94. The van der Waals surface area contributed by atoms with Gasteiger partial charge in [-0.25, -0.2) is 0 Å². The third-order valence-corrected chi connectivity index (χ3v) is 7.93. The Labute approximate surface area is 195 Å². The average Bonchev–Trinajstić information content (AvgIpc) is 2.80. The Hall–Kier alpha value is -2.19. The number of rotatable bonds is 11. The lowest BCUT2D eigenvalue weighted by atomic mass is 9.92. The number of hydrogen-bond acceptors (Lipinski definition) is 3. The molecule has 2 unspecified atom stereocenters. The van der Waals surface area contributed by atoms with Crippen LogP contribution in [0.4, 0.5) is 0 Å². The minimum Gasteiger partial charge on any atom is -0.467 e. The quantitative estimate of drug-likeness (QED) is 0.291. The second-order valence-electron chi connectivity index (χ2n) is 8.51. The molecule has 0 aliphatic rings. The Morgan fingerprint density at radius 1 is 0.969 bits per heavy atom. The predicted molar refractivity (Wildman–Crippen MR) is 138 cm³/mol. The Morgan fingerprint density at radius 2 is 1.75 bits per heavy atom. The molecule has 1 N–H and O–H groups in total. The lowest BCUT2D eigenvalue weighted by Crippen LogP contribution is -2.23. The van der Waals surface area contributed by atoms with Crippen LogP contribution in [0.2, 0.25) is 0 Å². The van der Waals surface area contributed by atoms with Gasteiger partial charge < -0.3 is 14.8 Å². The van der Waals surface area contributed by atoms with Crippen LogP contribution in [0.25, 0.3) is 0 Å². The number of methoxy groups -OCH3 is 1. The van der Waals surface area contributed by atoms with E-state index in [4.69, 9.17) is 9.47 Å². The van der Waals surface area contributed by atoms with Crippen molar-refractivity contribution in [3.05, 3.63) is 94.5 Å². The summed E-state index contributed by atoms with van der Waals surface area (Å²) < 4.78 is 11.5. The van der Waals surface area contributed by atoms with Gasteiger partial charge in [-0.15, -0.1) is 0 Å². The van der Waals surface area contributed by atoms with Gasteiger partial charge in [0, 0.05) is 30.8 Å². The molecule has 0 heterocycles. The van der Waals surface area contributed by atoms with E-state index in [2.05, 4.69) is 92.8 Å². The molecule has 0 aromatic heterocycles. The molecule has 0 saturated carbocycles. The minimum atomic E-state index is -0.0342. The molecule has 4 heteroatoms. The SMILES string of the molecule is CCC(C)(Pc1ccc(C)cc1CNC)c1cccc(Cc2ccccc2)c1OCOC. The summed E-state index contributed by atoms with van der Waals surface area (Å²) in [5, 5.41) is 4.72. The van der Waals surface area contributed by atoms with Crippen LogP contribution in [0.3, 0.4) is 0 Å². The van der Waals surface area contributed by atoms with Crippen molar-refractivity contribution in [2.75, 3.05) is 21.0 Å². The molecule has 2 atom stereocenters. The van der Waals surface area contributed by atoms with E-state index in [1.807, 2.05) is 7.05 Å². The van der Waals surface area contributed by atoms with Gasteiger partial charge in [-0.3, -0.25) is 0 Å². The Kier molecular flexibility index (Phi) is 8.87. The van der Waals surface area contributed by atoms with Crippen LogP contribution in [0.15, 0.2) is 66.7 Å². The molecule has 3 aromatic carbocycles. The van der Waals surface area contributed by atoms with Crippen molar-refractivity contribution in [2.24, 2.45) is 0 Å². The van der Waals surface area contributed by atoms with Crippen LogP contribution >= 0.6 is 8.58 Å². The van der Waals surface area contributed by atoms with Gasteiger partial charge in [0.05, 0.1) is 0 Å². The molecule has 0 spiro atoms. The average molecular weight is 450 g/mol. The number of nitrogens with one attached hydrogen (secondary N) is 1. The van der Waals surface area contributed by atoms with Crippen molar-refractivity contribution in [1.82, 2.24) is 5.32 Å². The molecule has 3 nitrogen and oxygen atoms in total. The van der Waals surface area contributed by atoms with Crippen LogP contribution in [-0.4, -0.2) is 21.0 Å². The molecule has 0 aliphatic heterocycles. The van der Waals surface area contributed by atoms with Crippen LogP contribution in [-0.2, 0) is 22.9 Å². The molecule has 0 saturated heterocycles. The number of aryl methyl sites for hydroxylation is 1. The van der Waals surface area contributed by atoms with Crippen molar-refractivity contribution in [3.63, 3.8) is 0 Å². The zero-order valence-corrected chi connectivity index (χ0v) is 21.0. The first kappa shape index (κ1) is 24.5. The summed E-state index contributed by atoms with van der Waals surface area (Å²) in [7, 11) is 4.33. The molecule has 170 valence electrons. The van der Waals surface area contributed by atoms with Crippen molar-refractivity contribution in [1.29, 1.82) is 0 Å². The van der Waals surface area contributed by atoms with E-state index >= 15 is 0 Å². The van der Waals surface area contributed by atoms with Crippen LogP contribution < -0.4 is 15.4 Å². The molecule has 0 amide bonds. The molecule has 0 fully saturated rings. The summed E-state index contributed by atoms with van der Waals surface area (Å²) in [4.78, 5) is 0. The van der Waals surface area contributed by atoms with Gasteiger partial charge in [-0.05, 0) is 42.4 Å². The summed E-state index contributed by atoms with van der Waals surface area (Å²) >= 11 is 0. The molecule has 0 bridgehead atoms. The molecule has 0 aliphatic carbocycles. The maximum atomic E-state index is 6.24. The first-order valence-electron chi connectivity index (χ1n) is 11.3. The third-order valence-electron chi connectivity index (χ3n) is 6.00. The van der Waals surface area contributed by atoms with Crippen LogP contribution in [0, 0.1) is 6.92 Å². The van der Waals surface area contributed by atoms with E-state index in [9.17, 15) is 0 Å². The number of hydrogen-bond donors (Lipinski definition) is 1.